The lowest BCUT2D eigenvalue weighted by molar-refractivity contribution is 0.102. The first-order valence-electron chi connectivity index (χ1n) is 11.1. The minimum atomic E-state index is -0.316. The quantitative estimate of drug-likeness (QED) is 0.219. The fourth-order valence-corrected chi connectivity index (χ4v) is 4.17. The Morgan fingerprint density at radius 1 is 0.946 bits per heavy atom. The van der Waals surface area contributed by atoms with Gasteiger partial charge in [-0.1, -0.05) is 53.0 Å². The van der Waals surface area contributed by atoms with Gasteiger partial charge in [0.25, 0.3) is 5.91 Å². The number of anilines is 1. The number of fused-ring (bicyclic) bond motifs is 1. The minimum Gasteiger partial charge on any atom is -0.493 e. The van der Waals surface area contributed by atoms with Gasteiger partial charge in [0.15, 0.2) is 17.1 Å². The van der Waals surface area contributed by atoms with E-state index >= 15 is 0 Å². The molecular weight excluding hydrogens is 535 g/mol. The summed E-state index contributed by atoms with van der Waals surface area (Å²) in [6, 6.07) is 22.8. The van der Waals surface area contributed by atoms with Gasteiger partial charge in [-0.25, -0.2) is 4.98 Å². The van der Waals surface area contributed by atoms with Crippen molar-refractivity contribution in [1.29, 1.82) is 0 Å². The van der Waals surface area contributed by atoms with E-state index in [2.05, 4.69) is 10.3 Å². The highest BCUT2D eigenvalue weighted by Gasteiger charge is 2.16. The average Bonchev–Trinajstić information content (AvgIpc) is 3.33. The number of rotatable bonds is 7. The Labute approximate surface area is 227 Å². The zero-order chi connectivity index (χ0) is 25.9. The van der Waals surface area contributed by atoms with E-state index in [0.29, 0.717) is 67.0 Å². The van der Waals surface area contributed by atoms with Crippen LogP contribution < -0.4 is 14.8 Å². The number of nitrogens with zero attached hydrogens (tertiary/aromatic N) is 1. The standard InChI is InChI=1S/C28H19Cl3N2O4/c1-35-25-13-17(7-11-24(25)36-15-16-5-8-18(29)9-6-16)27(34)32-19-10-12-23-22(14-19)33-28(37-23)20-3-2-4-21(30)26(20)31/h2-14H,15H2,1H3,(H,32,34). The average molecular weight is 554 g/mol. The maximum Gasteiger partial charge on any atom is 0.255 e. The van der Waals surface area contributed by atoms with Gasteiger partial charge in [-0.3, -0.25) is 4.79 Å². The smallest absolute Gasteiger partial charge is 0.255 e. The second-order valence-electron chi connectivity index (χ2n) is 8.04. The molecule has 9 heteroatoms. The number of hydrogen-bond acceptors (Lipinski definition) is 5. The number of ether oxygens (including phenoxy) is 2. The van der Waals surface area contributed by atoms with Crippen molar-refractivity contribution in [3.63, 3.8) is 0 Å². The van der Waals surface area contributed by atoms with Crippen molar-refractivity contribution >= 4 is 57.5 Å². The number of amides is 1. The van der Waals surface area contributed by atoms with Crippen LogP contribution in [-0.4, -0.2) is 18.0 Å². The van der Waals surface area contributed by atoms with Crippen molar-refractivity contribution in [2.75, 3.05) is 12.4 Å². The zero-order valence-corrected chi connectivity index (χ0v) is 21.7. The number of aromatic nitrogens is 1. The lowest BCUT2D eigenvalue weighted by Gasteiger charge is -2.12. The van der Waals surface area contributed by atoms with E-state index in [1.807, 2.05) is 12.1 Å². The highest BCUT2D eigenvalue weighted by Crippen LogP contribution is 2.35. The van der Waals surface area contributed by atoms with E-state index in [9.17, 15) is 4.79 Å². The molecule has 6 nitrogen and oxygen atoms in total. The summed E-state index contributed by atoms with van der Waals surface area (Å²) in [6.45, 7) is 0.333. The second kappa shape index (κ2) is 10.7. The molecular formula is C28H19Cl3N2O4. The third-order valence-corrected chi connectivity index (χ3v) is 6.63. The Bertz CT molecular complexity index is 1600. The lowest BCUT2D eigenvalue weighted by Crippen LogP contribution is -2.12. The van der Waals surface area contributed by atoms with Crippen molar-refractivity contribution in [3.05, 3.63) is 105 Å². The molecule has 0 bridgehead atoms. The van der Waals surface area contributed by atoms with E-state index in [1.54, 1.807) is 66.7 Å². The second-order valence-corrected chi connectivity index (χ2v) is 9.26. The van der Waals surface area contributed by atoms with Gasteiger partial charge in [0.2, 0.25) is 5.89 Å². The summed E-state index contributed by atoms with van der Waals surface area (Å²) in [5.41, 5.74) is 3.61. The molecule has 1 heterocycles. The van der Waals surface area contributed by atoms with Crippen LogP contribution in [0.25, 0.3) is 22.6 Å². The summed E-state index contributed by atoms with van der Waals surface area (Å²) in [4.78, 5) is 17.5. The molecule has 4 aromatic carbocycles. The third-order valence-electron chi connectivity index (χ3n) is 5.56. The molecule has 1 amide bonds. The number of methoxy groups -OCH3 is 1. The molecule has 5 rings (SSSR count). The van der Waals surface area contributed by atoms with Gasteiger partial charge in [0, 0.05) is 16.3 Å². The minimum absolute atomic E-state index is 0.316. The maximum absolute atomic E-state index is 13.0. The van der Waals surface area contributed by atoms with Gasteiger partial charge in [-0.15, -0.1) is 0 Å². The lowest BCUT2D eigenvalue weighted by atomic mass is 10.1. The van der Waals surface area contributed by atoms with Crippen molar-refractivity contribution in [1.82, 2.24) is 4.98 Å². The highest BCUT2D eigenvalue weighted by atomic mass is 35.5. The Morgan fingerprint density at radius 3 is 2.54 bits per heavy atom. The topological polar surface area (TPSA) is 73.6 Å². The van der Waals surface area contributed by atoms with Crippen molar-refractivity contribution in [2.24, 2.45) is 0 Å². The van der Waals surface area contributed by atoms with Gasteiger partial charge in [-0.2, -0.15) is 0 Å². The van der Waals surface area contributed by atoms with Crippen LogP contribution in [0.5, 0.6) is 11.5 Å². The predicted molar refractivity (Wildman–Crippen MR) is 146 cm³/mol. The molecule has 0 unspecified atom stereocenters. The fraction of sp³-hybridized carbons (Fsp3) is 0.0714. The fourth-order valence-electron chi connectivity index (χ4n) is 3.66. The summed E-state index contributed by atoms with van der Waals surface area (Å²) in [5, 5.41) is 4.30. The number of benzene rings is 4. The number of halogens is 3. The summed E-state index contributed by atoms with van der Waals surface area (Å²) < 4.78 is 17.2. The van der Waals surface area contributed by atoms with Crippen molar-refractivity contribution in [3.8, 4) is 23.0 Å². The molecule has 1 N–H and O–H groups in total. The van der Waals surface area contributed by atoms with Crippen LogP contribution in [0.15, 0.2) is 83.3 Å². The van der Waals surface area contributed by atoms with Crippen molar-refractivity contribution < 1.29 is 18.7 Å². The normalized spacial score (nSPS) is 10.9. The van der Waals surface area contributed by atoms with E-state index in [4.69, 9.17) is 48.7 Å². The number of nitrogens with one attached hydrogen (secondary N) is 1. The number of hydrogen-bond donors (Lipinski definition) is 1. The van der Waals surface area contributed by atoms with E-state index in [-0.39, 0.29) is 5.91 Å². The molecule has 0 spiro atoms. The van der Waals surface area contributed by atoms with Crippen LogP contribution >= 0.6 is 34.8 Å². The van der Waals surface area contributed by atoms with Crippen LogP contribution in [0, 0.1) is 0 Å². The van der Waals surface area contributed by atoms with Crippen molar-refractivity contribution in [2.45, 2.75) is 6.61 Å². The van der Waals surface area contributed by atoms with Crippen LogP contribution in [-0.2, 0) is 6.61 Å². The Morgan fingerprint density at radius 2 is 1.76 bits per heavy atom. The molecule has 0 aliphatic rings. The molecule has 0 fully saturated rings. The first-order valence-corrected chi connectivity index (χ1v) is 12.3. The van der Waals surface area contributed by atoms with E-state index < -0.39 is 0 Å². The Balaban J connectivity index is 1.31. The summed E-state index contributed by atoms with van der Waals surface area (Å²) in [6.07, 6.45) is 0. The number of oxazole rings is 1. The molecule has 0 radical (unpaired) electrons. The van der Waals surface area contributed by atoms with Crippen LogP contribution in [0.4, 0.5) is 5.69 Å². The van der Waals surface area contributed by atoms with Crippen LogP contribution in [0.3, 0.4) is 0 Å². The van der Waals surface area contributed by atoms with Gasteiger partial charge in [0.05, 0.1) is 22.7 Å². The highest BCUT2D eigenvalue weighted by molar-refractivity contribution is 6.43. The largest absolute Gasteiger partial charge is 0.493 e. The molecule has 0 aliphatic heterocycles. The van der Waals surface area contributed by atoms with Gasteiger partial charge >= 0.3 is 0 Å². The molecule has 0 saturated carbocycles. The molecule has 186 valence electrons. The number of carbonyl (C=O) groups is 1. The molecule has 37 heavy (non-hydrogen) atoms. The van der Waals surface area contributed by atoms with Gasteiger partial charge in [0.1, 0.15) is 12.1 Å². The Kier molecular flexibility index (Phi) is 7.24. The summed E-state index contributed by atoms with van der Waals surface area (Å²) >= 11 is 18.3. The van der Waals surface area contributed by atoms with Gasteiger partial charge < -0.3 is 19.2 Å². The molecule has 0 saturated heterocycles. The molecule has 5 aromatic rings. The molecule has 1 aromatic heterocycles. The summed E-state index contributed by atoms with van der Waals surface area (Å²) in [7, 11) is 1.52. The monoisotopic (exact) mass is 552 g/mol. The first-order chi connectivity index (χ1) is 17.9. The molecule has 0 aliphatic carbocycles. The first kappa shape index (κ1) is 25.0. The van der Waals surface area contributed by atoms with E-state index in [1.165, 1.54) is 7.11 Å². The predicted octanol–water partition coefficient (Wildman–Crippen LogP) is 8.29. The van der Waals surface area contributed by atoms with E-state index in [0.717, 1.165) is 5.56 Å². The molecule has 0 atom stereocenters. The SMILES string of the molecule is COc1cc(C(=O)Nc2ccc3oc(-c4cccc(Cl)c4Cl)nc3c2)ccc1OCc1ccc(Cl)cc1. The maximum atomic E-state index is 13.0. The number of carbonyl (C=O) groups excluding carboxylic acids is 1. The summed E-state index contributed by atoms with van der Waals surface area (Å²) in [5.74, 6) is 0.982. The van der Waals surface area contributed by atoms with Crippen LogP contribution in [0.1, 0.15) is 15.9 Å². The Hall–Kier alpha value is -3.71. The third kappa shape index (κ3) is 5.52. The van der Waals surface area contributed by atoms with Crippen LogP contribution in [0.2, 0.25) is 15.1 Å². The zero-order valence-electron chi connectivity index (χ0n) is 19.4. The van der Waals surface area contributed by atoms with Gasteiger partial charge in [-0.05, 0) is 66.2 Å².